The molecule has 0 saturated carbocycles. The third-order valence-corrected chi connectivity index (χ3v) is 2.60. The van der Waals surface area contributed by atoms with Crippen molar-refractivity contribution in [1.82, 2.24) is 0 Å². The summed E-state index contributed by atoms with van der Waals surface area (Å²) in [6.07, 6.45) is -2.23. The normalized spacial score (nSPS) is 11.5. The predicted molar refractivity (Wildman–Crippen MR) is 54.3 cm³/mol. The number of hydrogen-bond acceptors (Lipinski definition) is 2. The van der Waals surface area contributed by atoms with Crippen LogP contribution >= 0.6 is 11.8 Å². The fourth-order valence-electron chi connectivity index (χ4n) is 1.18. The van der Waals surface area contributed by atoms with E-state index in [1.807, 2.05) is 6.26 Å². The van der Waals surface area contributed by atoms with Crippen molar-refractivity contribution < 1.29 is 17.9 Å². The van der Waals surface area contributed by atoms with E-state index >= 15 is 0 Å². The van der Waals surface area contributed by atoms with Gasteiger partial charge in [-0.1, -0.05) is 6.92 Å². The number of aryl methyl sites for hydroxylation is 1. The van der Waals surface area contributed by atoms with Crippen LogP contribution in [0.4, 0.5) is 13.2 Å². The summed E-state index contributed by atoms with van der Waals surface area (Å²) in [6.45, 7) is 1.79. The first-order valence-electron chi connectivity index (χ1n) is 4.39. The molecule has 1 rings (SSSR count). The Balaban J connectivity index is 2.97. The van der Waals surface area contributed by atoms with Gasteiger partial charge in [-0.05, 0) is 36.4 Å². The SMILES string of the molecule is CCc1cc(SC)ccc1OC(F)(F)F. The second-order valence-corrected chi connectivity index (χ2v) is 3.75. The Morgan fingerprint density at radius 3 is 2.47 bits per heavy atom. The van der Waals surface area contributed by atoms with Crippen molar-refractivity contribution in [3.8, 4) is 5.75 Å². The summed E-state index contributed by atoms with van der Waals surface area (Å²) in [4.78, 5) is 0.932. The zero-order chi connectivity index (χ0) is 11.5. The molecule has 0 aliphatic rings. The van der Waals surface area contributed by atoms with Crippen molar-refractivity contribution in [1.29, 1.82) is 0 Å². The summed E-state index contributed by atoms with van der Waals surface area (Å²) < 4.78 is 40.0. The summed E-state index contributed by atoms with van der Waals surface area (Å²) >= 11 is 1.49. The minimum absolute atomic E-state index is 0.109. The average molecular weight is 236 g/mol. The Morgan fingerprint density at radius 1 is 1.33 bits per heavy atom. The van der Waals surface area contributed by atoms with Crippen LogP contribution in [0.1, 0.15) is 12.5 Å². The van der Waals surface area contributed by atoms with Crippen molar-refractivity contribution in [3.05, 3.63) is 23.8 Å². The van der Waals surface area contributed by atoms with Crippen LogP contribution in [0.2, 0.25) is 0 Å². The van der Waals surface area contributed by atoms with E-state index in [0.29, 0.717) is 12.0 Å². The van der Waals surface area contributed by atoms with Crippen LogP contribution in [0.25, 0.3) is 0 Å². The highest BCUT2D eigenvalue weighted by molar-refractivity contribution is 7.98. The molecule has 0 amide bonds. The number of hydrogen-bond donors (Lipinski definition) is 0. The molecule has 1 nitrogen and oxygen atoms in total. The van der Waals surface area contributed by atoms with Gasteiger partial charge in [-0.3, -0.25) is 0 Å². The van der Waals surface area contributed by atoms with Crippen LogP contribution in [0.15, 0.2) is 23.1 Å². The largest absolute Gasteiger partial charge is 0.573 e. The molecule has 0 aromatic heterocycles. The molecule has 84 valence electrons. The molecule has 1 aromatic rings. The van der Waals surface area contributed by atoms with Crippen molar-refractivity contribution in [2.45, 2.75) is 24.6 Å². The van der Waals surface area contributed by atoms with Gasteiger partial charge in [-0.25, -0.2) is 0 Å². The van der Waals surface area contributed by atoms with Gasteiger partial charge in [0.05, 0.1) is 0 Å². The lowest BCUT2D eigenvalue weighted by Crippen LogP contribution is -2.18. The molecule has 0 aliphatic heterocycles. The molecule has 0 bridgehead atoms. The van der Waals surface area contributed by atoms with E-state index in [9.17, 15) is 13.2 Å². The molecule has 5 heteroatoms. The van der Waals surface area contributed by atoms with Crippen LogP contribution < -0.4 is 4.74 Å². The van der Waals surface area contributed by atoms with Gasteiger partial charge in [-0.2, -0.15) is 0 Å². The lowest BCUT2D eigenvalue weighted by Gasteiger charge is -2.13. The van der Waals surface area contributed by atoms with E-state index in [1.165, 1.54) is 17.8 Å². The van der Waals surface area contributed by atoms with E-state index in [0.717, 1.165) is 4.90 Å². The summed E-state index contributed by atoms with van der Waals surface area (Å²) in [5.41, 5.74) is 0.569. The second-order valence-electron chi connectivity index (χ2n) is 2.88. The van der Waals surface area contributed by atoms with Gasteiger partial charge >= 0.3 is 6.36 Å². The molecule has 0 N–H and O–H groups in total. The first kappa shape index (κ1) is 12.2. The fourth-order valence-corrected chi connectivity index (χ4v) is 1.65. The molecule has 0 unspecified atom stereocenters. The van der Waals surface area contributed by atoms with Crippen molar-refractivity contribution in [3.63, 3.8) is 0 Å². The zero-order valence-electron chi connectivity index (χ0n) is 8.39. The van der Waals surface area contributed by atoms with Crippen LogP contribution in [0, 0.1) is 0 Å². The smallest absolute Gasteiger partial charge is 0.406 e. The van der Waals surface area contributed by atoms with Gasteiger partial charge in [0.1, 0.15) is 5.75 Å². The van der Waals surface area contributed by atoms with Gasteiger partial charge in [0.25, 0.3) is 0 Å². The molecule has 15 heavy (non-hydrogen) atoms. The monoisotopic (exact) mass is 236 g/mol. The molecule has 0 spiro atoms. The number of ether oxygens (including phenoxy) is 1. The maximum absolute atomic E-state index is 12.0. The second kappa shape index (κ2) is 4.79. The first-order valence-corrected chi connectivity index (χ1v) is 5.61. The molecule has 1 aromatic carbocycles. The Hall–Kier alpha value is -0.840. The Bertz CT molecular complexity index is 336. The number of rotatable bonds is 3. The lowest BCUT2D eigenvalue weighted by atomic mass is 10.1. The van der Waals surface area contributed by atoms with Crippen LogP contribution in [-0.4, -0.2) is 12.6 Å². The highest BCUT2D eigenvalue weighted by atomic mass is 32.2. The fraction of sp³-hybridized carbons (Fsp3) is 0.400. The molecule has 0 radical (unpaired) electrons. The zero-order valence-corrected chi connectivity index (χ0v) is 9.21. The molecule has 0 atom stereocenters. The van der Waals surface area contributed by atoms with Crippen LogP contribution in [-0.2, 0) is 6.42 Å². The number of alkyl halides is 3. The first-order chi connectivity index (χ1) is 6.96. The lowest BCUT2D eigenvalue weighted by molar-refractivity contribution is -0.274. The summed E-state index contributed by atoms with van der Waals surface area (Å²) in [6, 6.07) is 4.69. The molecule has 0 saturated heterocycles. The van der Waals surface area contributed by atoms with Crippen molar-refractivity contribution in [2.24, 2.45) is 0 Å². The third kappa shape index (κ3) is 3.66. The summed E-state index contributed by atoms with van der Waals surface area (Å²) in [5, 5.41) is 0. The van der Waals surface area contributed by atoms with Crippen molar-refractivity contribution >= 4 is 11.8 Å². The summed E-state index contributed by atoms with van der Waals surface area (Å²) in [5.74, 6) is -0.109. The van der Waals surface area contributed by atoms with Crippen molar-refractivity contribution in [2.75, 3.05) is 6.26 Å². The van der Waals surface area contributed by atoms with E-state index in [2.05, 4.69) is 4.74 Å². The van der Waals surface area contributed by atoms with Gasteiger partial charge < -0.3 is 4.74 Å². The van der Waals surface area contributed by atoms with E-state index in [1.54, 1.807) is 19.1 Å². The topological polar surface area (TPSA) is 9.23 Å². The Morgan fingerprint density at radius 2 is 2.00 bits per heavy atom. The molecule has 0 fully saturated rings. The van der Waals surface area contributed by atoms with Crippen LogP contribution in [0.3, 0.4) is 0 Å². The quantitative estimate of drug-likeness (QED) is 0.737. The molecule has 0 heterocycles. The minimum atomic E-state index is -4.62. The molecular weight excluding hydrogens is 225 g/mol. The number of halogens is 3. The maximum atomic E-state index is 12.0. The summed E-state index contributed by atoms with van der Waals surface area (Å²) in [7, 11) is 0. The highest BCUT2D eigenvalue weighted by Crippen LogP contribution is 2.29. The van der Waals surface area contributed by atoms with E-state index in [4.69, 9.17) is 0 Å². The van der Waals surface area contributed by atoms with Gasteiger partial charge in [0, 0.05) is 4.90 Å². The Kier molecular flexibility index (Phi) is 3.90. The molecular formula is C10H11F3OS. The minimum Gasteiger partial charge on any atom is -0.406 e. The number of thioether (sulfide) groups is 1. The average Bonchev–Trinajstić information content (AvgIpc) is 2.16. The number of benzene rings is 1. The third-order valence-electron chi connectivity index (χ3n) is 1.87. The molecule has 0 aliphatic carbocycles. The predicted octanol–water partition coefficient (Wildman–Crippen LogP) is 3.87. The van der Waals surface area contributed by atoms with Gasteiger partial charge in [0.2, 0.25) is 0 Å². The highest BCUT2D eigenvalue weighted by Gasteiger charge is 2.31. The Labute approximate surface area is 90.6 Å². The standard InChI is InChI=1S/C10H11F3OS/c1-3-7-6-8(15-2)4-5-9(7)14-10(11,12)13/h4-6H,3H2,1-2H3. The van der Waals surface area contributed by atoms with Gasteiger partial charge in [-0.15, -0.1) is 24.9 Å². The van der Waals surface area contributed by atoms with E-state index in [-0.39, 0.29) is 5.75 Å². The maximum Gasteiger partial charge on any atom is 0.573 e. The van der Waals surface area contributed by atoms with E-state index < -0.39 is 6.36 Å². The van der Waals surface area contributed by atoms with Crippen LogP contribution in [0.5, 0.6) is 5.75 Å². The van der Waals surface area contributed by atoms with Gasteiger partial charge in [0.15, 0.2) is 0 Å².